The predicted octanol–water partition coefficient (Wildman–Crippen LogP) is 0.700. The average Bonchev–Trinajstić information content (AvgIpc) is 3.00. The first-order chi connectivity index (χ1) is 12.3. The van der Waals surface area contributed by atoms with E-state index in [2.05, 4.69) is 0 Å². The number of fused-ring (bicyclic) bond motifs is 1. The Kier molecular flexibility index (Phi) is 5.31. The van der Waals surface area contributed by atoms with Gasteiger partial charge in [0.05, 0.1) is 30.3 Å². The van der Waals surface area contributed by atoms with E-state index in [0.717, 1.165) is 22.7 Å². The van der Waals surface area contributed by atoms with Crippen molar-refractivity contribution in [2.75, 3.05) is 33.5 Å². The van der Waals surface area contributed by atoms with Gasteiger partial charge in [0.15, 0.2) is 0 Å². The number of aromatic carboxylic acids is 1. The van der Waals surface area contributed by atoms with Crippen LogP contribution >= 0.6 is 0 Å². The largest absolute Gasteiger partial charge is 0.478 e. The number of amides is 1. The van der Waals surface area contributed by atoms with Gasteiger partial charge in [-0.2, -0.15) is 4.31 Å². The van der Waals surface area contributed by atoms with E-state index in [1.54, 1.807) is 6.07 Å². The summed E-state index contributed by atoms with van der Waals surface area (Å²) < 4.78 is 32.4. The van der Waals surface area contributed by atoms with Crippen molar-refractivity contribution < 1.29 is 27.9 Å². The number of aryl methyl sites for hydroxylation is 1. The number of rotatable bonds is 6. The maximum Gasteiger partial charge on any atom is 0.335 e. The molecule has 1 heterocycles. The number of nitrogens with zero attached hydrogens (tertiary/aromatic N) is 2. The van der Waals surface area contributed by atoms with E-state index in [1.165, 1.54) is 18.1 Å². The van der Waals surface area contributed by atoms with Crippen molar-refractivity contribution in [1.82, 2.24) is 9.21 Å². The maximum absolute atomic E-state index is 13.2. The number of hydrogen-bond donors (Lipinski definition) is 1. The number of benzene rings is 1. The number of hydrogen-bond acceptors (Lipinski definition) is 5. The molecule has 0 saturated carbocycles. The van der Waals surface area contributed by atoms with Crippen LogP contribution in [0.5, 0.6) is 0 Å². The van der Waals surface area contributed by atoms with Gasteiger partial charge < -0.3 is 14.7 Å². The molecule has 9 heteroatoms. The average molecular weight is 382 g/mol. The quantitative estimate of drug-likeness (QED) is 0.777. The standard InChI is InChI=1S/C17H22N2O6S/c1-25-7-6-18-11-19(10-16(18)20)26(23,24)15-9-13(17(21)22)8-12-4-2-3-5-14(12)15/h8-9H,2-7,10-11H2,1H3,(H,21,22). The Morgan fingerprint density at radius 3 is 2.69 bits per heavy atom. The van der Waals surface area contributed by atoms with Crippen molar-refractivity contribution in [3.05, 3.63) is 28.8 Å². The van der Waals surface area contributed by atoms with Crippen molar-refractivity contribution in [1.29, 1.82) is 0 Å². The predicted molar refractivity (Wildman–Crippen MR) is 92.4 cm³/mol. The first-order valence-corrected chi connectivity index (χ1v) is 9.94. The summed E-state index contributed by atoms with van der Waals surface area (Å²) in [6.07, 6.45) is 3.03. The van der Waals surface area contributed by atoms with Crippen LogP contribution < -0.4 is 0 Å². The highest BCUT2D eigenvalue weighted by molar-refractivity contribution is 7.89. The second-order valence-electron chi connectivity index (χ2n) is 6.53. The fourth-order valence-electron chi connectivity index (χ4n) is 3.45. The molecule has 26 heavy (non-hydrogen) atoms. The summed E-state index contributed by atoms with van der Waals surface area (Å²) in [6, 6.07) is 2.79. The molecule has 0 aromatic heterocycles. The van der Waals surface area contributed by atoms with Crippen LogP contribution in [0.15, 0.2) is 17.0 Å². The van der Waals surface area contributed by atoms with Crippen LogP contribution in [-0.4, -0.2) is 68.1 Å². The zero-order valence-corrected chi connectivity index (χ0v) is 15.4. The molecule has 1 aromatic rings. The summed E-state index contributed by atoms with van der Waals surface area (Å²) in [4.78, 5) is 25.0. The maximum atomic E-state index is 13.2. The summed E-state index contributed by atoms with van der Waals surface area (Å²) in [5, 5.41) is 9.34. The molecule has 0 atom stereocenters. The molecular weight excluding hydrogens is 360 g/mol. The number of methoxy groups -OCH3 is 1. The van der Waals surface area contributed by atoms with Gasteiger partial charge in [0.25, 0.3) is 0 Å². The van der Waals surface area contributed by atoms with E-state index in [9.17, 15) is 23.1 Å². The number of carboxylic acids is 1. The summed E-state index contributed by atoms with van der Waals surface area (Å²) in [5.74, 6) is -1.44. The van der Waals surface area contributed by atoms with Crippen molar-refractivity contribution >= 4 is 21.9 Å². The Morgan fingerprint density at radius 1 is 1.27 bits per heavy atom. The molecule has 1 aromatic carbocycles. The lowest BCUT2D eigenvalue weighted by atomic mass is 9.90. The van der Waals surface area contributed by atoms with Gasteiger partial charge in [-0.3, -0.25) is 4.79 Å². The molecule has 3 rings (SSSR count). The minimum absolute atomic E-state index is 0.0218. The van der Waals surface area contributed by atoms with Gasteiger partial charge in [-0.1, -0.05) is 0 Å². The molecule has 1 aliphatic carbocycles. The fraction of sp³-hybridized carbons (Fsp3) is 0.529. The first kappa shape index (κ1) is 18.8. The van der Waals surface area contributed by atoms with Gasteiger partial charge >= 0.3 is 5.97 Å². The van der Waals surface area contributed by atoms with Crippen LogP contribution in [0.25, 0.3) is 0 Å². The second-order valence-corrected chi connectivity index (χ2v) is 8.44. The lowest BCUT2D eigenvalue weighted by molar-refractivity contribution is -0.127. The van der Waals surface area contributed by atoms with Gasteiger partial charge in [0, 0.05) is 13.7 Å². The third-order valence-electron chi connectivity index (χ3n) is 4.85. The second kappa shape index (κ2) is 7.34. The van der Waals surface area contributed by atoms with Gasteiger partial charge in [0.1, 0.15) is 0 Å². The number of sulfonamides is 1. The molecule has 1 amide bonds. The van der Waals surface area contributed by atoms with Crippen molar-refractivity contribution in [3.8, 4) is 0 Å². The van der Waals surface area contributed by atoms with Crippen LogP contribution in [0.2, 0.25) is 0 Å². The van der Waals surface area contributed by atoms with Crippen molar-refractivity contribution in [3.63, 3.8) is 0 Å². The molecule has 142 valence electrons. The van der Waals surface area contributed by atoms with E-state index in [-0.39, 0.29) is 29.6 Å². The Labute approximate surface area is 152 Å². The Morgan fingerprint density at radius 2 is 2.00 bits per heavy atom. The van der Waals surface area contributed by atoms with Gasteiger partial charge in [0.2, 0.25) is 15.9 Å². The smallest absolute Gasteiger partial charge is 0.335 e. The third-order valence-corrected chi connectivity index (χ3v) is 6.69. The van der Waals surface area contributed by atoms with Crippen LogP contribution in [0.3, 0.4) is 0 Å². The van der Waals surface area contributed by atoms with Crippen LogP contribution in [0.1, 0.15) is 34.3 Å². The molecule has 0 bridgehead atoms. The number of carbonyl (C=O) groups is 2. The topological polar surface area (TPSA) is 104 Å². The molecule has 8 nitrogen and oxygen atoms in total. The summed E-state index contributed by atoms with van der Waals surface area (Å²) in [5.41, 5.74) is 1.42. The number of ether oxygens (including phenoxy) is 1. The molecule has 2 aliphatic rings. The highest BCUT2D eigenvalue weighted by Crippen LogP contribution is 2.32. The van der Waals surface area contributed by atoms with E-state index >= 15 is 0 Å². The molecule has 0 unspecified atom stereocenters. The normalized spacial score (nSPS) is 18.2. The Balaban J connectivity index is 1.98. The molecule has 0 spiro atoms. The van der Waals surface area contributed by atoms with Crippen LogP contribution in [0, 0.1) is 0 Å². The van der Waals surface area contributed by atoms with E-state index in [0.29, 0.717) is 31.6 Å². The lowest BCUT2D eigenvalue weighted by Gasteiger charge is -2.23. The molecule has 1 saturated heterocycles. The molecule has 0 radical (unpaired) electrons. The zero-order chi connectivity index (χ0) is 18.9. The minimum Gasteiger partial charge on any atom is -0.478 e. The molecule has 1 fully saturated rings. The fourth-order valence-corrected chi connectivity index (χ4v) is 5.12. The minimum atomic E-state index is -3.96. The lowest BCUT2D eigenvalue weighted by Crippen LogP contribution is -2.33. The van der Waals surface area contributed by atoms with Crippen LogP contribution in [-0.2, 0) is 32.4 Å². The SMILES string of the molecule is COCCN1CN(S(=O)(=O)c2cc(C(=O)O)cc3c2CCCC3)CC1=O. The highest BCUT2D eigenvalue weighted by Gasteiger charge is 2.38. The van der Waals surface area contributed by atoms with E-state index in [1.807, 2.05) is 0 Å². The van der Waals surface area contributed by atoms with Crippen LogP contribution in [0.4, 0.5) is 0 Å². The molecule has 1 N–H and O–H groups in total. The zero-order valence-electron chi connectivity index (χ0n) is 14.6. The van der Waals surface area contributed by atoms with E-state index < -0.39 is 16.0 Å². The summed E-state index contributed by atoms with van der Waals surface area (Å²) >= 11 is 0. The summed E-state index contributed by atoms with van der Waals surface area (Å²) in [7, 11) is -2.45. The van der Waals surface area contributed by atoms with E-state index in [4.69, 9.17) is 4.74 Å². The highest BCUT2D eigenvalue weighted by atomic mass is 32.2. The van der Waals surface area contributed by atoms with Gasteiger partial charge in [-0.15, -0.1) is 0 Å². The molecular formula is C17H22N2O6S. The molecule has 1 aliphatic heterocycles. The monoisotopic (exact) mass is 382 g/mol. The summed E-state index contributed by atoms with van der Waals surface area (Å²) in [6.45, 7) is 0.354. The van der Waals surface area contributed by atoms with Gasteiger partial charge in [-0.05, 0) is 48.9 Å². The first-order valence-electron chi connectivity index (χ1n) is 8.50. The number of carbonyl (C=O) groups excluding carboxylic acids is 1. The van der Waals surface area contributed by atoms with Gasteiger partial charge in [-0.25, -0.2) is 13.2 Å². The van der Waals surface area contributed by atoms with Crippen molar-refractivity contribution in [2.45, 2.75) is 30.6 Å². The Hall–Kier alpha value is -1.97. The van der Waals surface area contributed by atoms with Crippen molar-refractivity contribution in [2.24, 2.45) is 0 Å². The Bertz CT molecular complexity index is 836. The number of carboxylic acid groups (broad SMARTS) is 1. The third kappa shape index (κ3) is 3.46.